The molecule has 18 heavy (non-hydrogen) atoms. The molecule has 1 aromatic rings. The zero-order valence-electron chi connectivity index (χ0n) is 10.8. The van der Waals surface area contributed by atoms with Gasteiger partial charge in [0.25, 0.3) is 0 Å². The third-order valence-corrected chi connectivity index (χ3v) is 2.31. The number of hydrogen-bond donors (Lipinski definition) is 1. The van der Waals surface area contributed by atoms with Crippen LogP contribution in [0.3, 0.4) is 0 Å². The van der Waals surface area contributed by atoms with Crippen LogP contribution >= 0.6 is 0 Å². The highest BCUT2D eigenvalue weighted by Crippen LogP contribution is 2.22. The summed E-state index contributed by atoms with van der Waals surface area (Å²) in [4.78, 5) is 0. The van der Waals surface area contributed by atoms with Gasteiger partial charge in [-0.2, -0.15) is 0 Å². The molecule has 0 saturated carbocycles. The van der Waals surface area contributed by atoms with E-state index < -0.39 is 0 Å². The quantitative estimate of drug-likeness (QED) is 0.593. The van der Waals surface area contributed by atoms with Crippen LogP contribution in [0.15, 0.2) is 18.2 Å². The molecule has 0 unspecified atom stereocenters. The lowest BCUT2D eigenvalue weighted by Gasteiger charge is -2.11. The smallest absolute Gasteiger partial charge is 0.165 e. The van der Waals surface area contributed by atoms with Crippen LogP contribution < -0.4 is 10.1 Å². The highest BCUT2D eigenvalue weighted by Gasteiger charge is 2.08. The SMILES string of the molecule is CC#CCOc1c(F)cccc1CNCCOC. The Morgan fingerprint density at radius 2 is 2.22 bits per heavy atom. The maximum Gasteiger partial charge on any atom is 0.165 e. The number of hydrogen-bond acceptors (Lipinski definition) is 3. The Labute approximate surface area is 107 Å². The van der Waals surface area contributed by atoms with Crippen molar-refractivity contribution in [2.24, 2.45) is 0 Å². The molecule has 0 radical (unpaired) electrons. The van der Waals surface area contributed by atoms with Gasteiger partial charge in [-0.25, -0.2) is 4.39 Å². The van der Waals surface area contributed by atoms with E-state index in [1.165, 1.54) is 6.07 Å². The molecule has 1 aromatic carbocycles. The lowest BCUT2D eigenvalue weighted by Crippen LogP contribution is -2.19. The van der Waals surface area contributed by atoms with E-state index in [0.29, 0.717) is 19.7 Å². The topological polar surface area (TPSA) is 30.5 Å². The molecule has 0 saturated heterocycles. The van der Waals surface area contributed by atoms with Gasteiger partial charge in [-0.3, -0.25) is 0 Å². The lowest BCUT2D eigenvalue weighted by molar-refractivity contribution is 0.199. The van der Waals surface area contributed by atoms with Crippen molar-refractivity contribution in [2.45, 2.75) is 13.5 Å². The highest BCUT2D eigenvalue weighted by atomic mass is 19.1. The molecule has 4 heteroatoms. The molecule has 0 bridgehead atoms. The van der Waals surface area contributed by atoms with Gasteiger partial charge < -0.3 is 14.8 Å². The normalized spacial score (nSPS) is 9.72. The van der Waals surface area contributed by atoms with Gasteiger partial charge in [0, 0.05) is 25.8 Å². The molecule has 0 atom stereocenters. The van der Waals surface area contributed by atoms with Crippen molar-refractivity contribution >= 4 is 0 Å². The van der Waals surface area contributed by atoms with E-state index in [0.717, 1.165) is 5.56 Å². The first-order valence-electron chi connectivity index (χ1n) is 5.79. The van der Waals surface area contributed by atoms with Gasteiger partial charge >= 0.3 is 0 Å². The van der Waals surface area contributed by atoms with Crippen LogP contribution in [0.2, 0.25) is 0 Å². The van der Waals surface area contributed by atoms with E-state index >= 15 is 0 Å². The Bertz CT molecular complexity index is 424. The highest BCUT2D eigenvalue weighted by molar-refractivity contribution is 5.35. The summed E-state index contributed by atoms with van der Waals surface area (Å²) in [7, 11) is 1.64. The molecule has 0 amide bonds. The molecule has 3 nitrogen and oxygen atoms in total. The Balaban J connectivity index is 2.63. The third kappa shape index (κ3) is 4.74. The molecule has 0 spiro atoms. The number of halogens is 1. The van der Waals surface area contributed by atoms with Crippen molar-refractivity contribution in [1.82, 2.24) is 5.32 Å². The zero-order chi connectivity index (χ0) is 13.2. The van der Waals surface area contributed by atoms with Crippen molar-refractivity contribution in [3.8, 4) is 17.6 Å². The number of benzene rings is 1. The molecule has 0 aromatic heterocycles. The van der Waals surface area contributed by atoms with E-state index in [2.05, 4.69) is 17.2 Å². The van der Waals surface area contributed by atoms with Gasteiger partial charge in [-0.15, -0.1) is 5.92 Å². The standard InChI is InChI=1S/C14H18FNO2/c1-3-4-9-18-14-12(6-5-7-13(14)15)11-16-8-10-17-2/h5-7,16H,8-11H2,1-2H3. The number of ether oxygens (including phenoxy) is 2. The second-order valence-electron chi connectivity index (χ2n) is 3.61. The molecule has 0 fully saturated rings. The minimum absolute atomic E-state index is 0.197. The molecular formula is C14H18FNO2. The molecule has 1 rings (SSSR count). The van der Waals surface area contributed by atoms with E-state index in [4.69, 9.17) is 9.47 Å². The van der Waals surface area contributed by atoms with Crippen molar-refractivity contribution in [3.05, 3.63) is 29.6 Å². The van der Waals surface area contributed by atoms with Crippen LogP contribution in [0, 0.1) is 17.7 Å². The fraction of sp³-hybridized carbons (Fsp3) is 0.429. The lowest BCUT2D eigenvalue weighted by atomic mass is 10.2. The number of methoxy groups -OCH3 is 1. The summed E-state index contributed by atoms with van der Waals surface area (Å²) in [6.45, 7) is 3.78. The predicted molar refractivity (Wildman–Crippen MR) is 68.9 cm³/mol. The summed E-state index contributed by atoms with van der Waals surface area (Å²) < 4.78 is 23.9. The predicted octanol–water partition coefficient (Wildman–Crippen LogP) is 1.96. The van der Waals surface area contributed by atoms with Crippen LogP contribution in [0.4, 0.5) is 4.39 Å². The number of para-hydroxylation sites is 1. The first-order valence-corrected chi connectivity index (χ1v) is 5.79. The first-order chi connectivity index (χ1) is 8.79. The minimum atomic E-state index is -0.362. The summed E-state index contributed by atoms with van der Waals surface area (Å²) in [5.41, 5.74) is 0.781. The van der Waals surface area contributed by atoms with E-state index in [1.54, 1.807) is 20.1 Å². The van der Waals surface area contributed by atoms with Gasteiger partial charge in [0.05, 0.1) is 6.61 Å². The van der Waals surface area contributed by atoms with Crippen LogP contribution in [0.5, 0.6) is 5.75 Å². The number of rotatable bonds is 7. The fourth-order valence-electron chi connectivity index (χ4n) is 1.43. The zero-order valence-corrected chi connectivity index (χ0v) is 10.8. The maximum atomic E-state index is 13.6. The van der Waals surface area contributed by atoms with E-state index in [1.807, 2.05) is 6.07 Å². The largest absolute Gasteiger partial charge is 0.478 e. The fourth-order valence-corrected chi connectivity index (χ4v) is 1.43. The van der Waals surface area contributed by atoms with Crippen LogP contribution in [-0.2, 0) is 11.3 Å². The average molecular weight is 251 g/mol. The Kier molecular flexibility index (Phi) is 6.85. The third-order valence-electron chi connectivity index (χ3n) is 2.31. The molecular weight excluding hydrogens is 233 g/mol. The van der Waals surface area contributed by atoms with Gasteiger partial charge in [0.15, 0.2) is 11.6 Å². The number of nitrogens with one attached hydrogen (secondary N) is 1. The molecule has 0 heterocycles. The van der Waals surface area contributed by atoms with Gasteiger partial charge in [0.2, 0.25) is 0 Å². The van der Waals surface area contributed by atoms with Gasteiger partial charge in [-0.05, 0) is 13.0 Å². The van der Waals surface area contributed by atoms with E-state index in [-0.39, 0.29) is 18.2 Å². The van der Waals surface area contributed by atoms with Crippen molar-refractivity contribution < 1.29 is 13.9 Å². The molecule has 1 N–H and O–H groups in total. The Morgan fingerprint density at radius 3 is 2.94 bits per heavy atom. The summed E-state index contributed by atoms with van der Waals surface area (Å²) in [5.74, 6) is 5.36. The average Bonchev–Trinajstić information content (AvgIpc) is 2.37. The van der Waals surface area contributed by atoms with Gasteiger partial charge in [0.1, 0.15) is 6.61 Å². The first kappa shape index (κ1) is 14.5. The Hall–Kier alpha value is -1.57. The van der Waals surface area contributed by atoms with Crippen LogP contribution in [-0.4, -0.2) is 26.9 Å². The molecule has 0 aliphatic rings. The maximum absolute atomic E-state index is 13.6. The Morgan fingerprint density at radius 1 is 1.39 bits per heavy atom. The minimum Gasteiger partial charge on any atom is -0.478 e. The summed E-state index contributed by atoms with van der Waals surface area (Å²) >= 11 is 0. The molecule has 98 valence electrons. The monoisotopic (exact) mass is 251 g/mol. The van der Waals surface area contributed by atoms with Crippen LogP contribution in [0.1, 0.15) is 12.5 Å². The second-order valence-corrected chi connectivity index (χ2v) is 3.61. The van der Waals surface area contributed by atoms with Crippen molar-refractivity contribution in [3.63, 3.8) is 0 Å². The molecule has 0 aliphatic carbocycles. The van der Waals surface area contributed by atoms with Crippen molar-refractivity contribution in [1.29, 1.82) is 0 Å². The summed E-state index contributed by atoms with van der Waals surface area (Å²) in [6, 6.07) is 4.88. The second kappa shape index (κ2) is 8.51. The van der Waals surface area contributed by atoms with Gasteiger partial charge in [-0.1, -0.05) is 18.1 Å². The summed E-state index contributed by atoms with van der Waals surface area (Å²) in [6.07, 6.45) is 0. The van der Waals surface area contributed by atoms with E-state index in [9.17, 15) is 4.39 Å². The van der Waals surface area contributed by atoms with Crippen molar-refractivity contribution in [2.75, 3.05) is 26.9 Å². The summed E-state index contributed by atoms with van der Waals surface area (Å²) in [5, 5.41) is 3.15. The van der Waals surface area contributed by atoms with Crippen LogP contribution in [0.25, 0.3) is 0 Å². The molecule has 0 aliphatic heterocycles.